The van der Waals surface area contributed by atoms with Crippen LogP contribution in [-0.4, -0.2) is 0 Å². The van der Waals surface area contributed by atoms with Crippen molar-refractivity contribution in [2.75, 3.05) is 5.73 Å². The van der Waals surface area contributed by atoms with Gasteiger partial charge in [0.2, 0.25) is 0 Å². The monoisotopic (exact) mass is 373 g/mol. The lowest BCUT2D eigenvalue weighted by molar-refractivity contribution is 1.46. The summed E-state index contributed by atoms with van der Waals surface area (Å²) < 4.78 is 0. The molecule has 1 nitrogen and oxygen atoms in total. The molecule has 0 aliphatic rings. The van der Waals surface area contributed by atoms with Gasteiger partial charge in [-0.3, -0.25) is 0 Å². The Hall–Kier alpha value is -3.58. The fourth-order valence-electron chi connectivity index (χ4n) is 4.39. The van der Waals surface area contributed by atoms with Gasteiger partial charge in [0, 0.05) is 11.3 Å². The molecule has 0 fully saturated rings. The Morgan fingerprint density at radius 3 is 1.86 bits per heavy atom. The fourth-order valence-corrected chi connectivity index (χ4v) is 4.39. The molecule has 5 rings (SSSR count). The predicted octanol–water partition coefficient (Wildman–Crippen LogP) is 7.53. The highest BCUT2D eigenvalue weighted by Gasteiger charge is 2.17. The van der Waals surface area contributed by atoms with Gasteiger partial charge in [-0.2, -0.15) is 0 Å². The molecule has 140 valence electrons. The number of aryl methyl sites for hydroxylation is 2. The Morgan fingerprint density at radius 2 is 1.17 bits per heavy atom. The van der Waals surface area contributed by atoms with Gasteiger partial charge < -0.3 is 5.73 Å². The van der Waals surface area contributed by atoms with Crippen LogP contribution in [0.4, 0.5) is 5.69 Å². The maximum atomic E-state index is 6.74. The van der Waals surface area contributed by atoms with E-state index in [0.29, 0.717) is 0 Å². The molecular formula is C28H23N. The van der Waals surface area contributed by atoms with Crippen molar-refractivity contribution >= 4 is 27.2 Å². The number of benzene rings is 5. The van der Waals surface area contributed by atoms with E-state index in [1.54, 1.807) is 0 Å². The van der Waals surface area contributed by atoms with Gasteiger partial charge in [-0.25, -0.2) is 0 Å². The van der Waals surface area contributed by atoms with Gasteiger partial charge in [0.15, 0.2) is 0 Å². The van der Waals surface area contributed by atoms with Crippen molar-refractivity contribution in [1.82, 2.24) is 0 Å². The van der Waals surface area contributed by atoms with E-state index >= 15 is 0 Å². The molecule has 0 spiro atoms. The Labute approximate surface area is 171 Å². The predicted molar refractivity (Wildman–Crippen MR) is 126 cm³/mol. The average Bonchev–Trinajstić information content (AvgIpc) is 2.72. The Bertz CT molecular complexity index is 1380. The van der Waals surface area contributed by atoms with Crippen LogP contribution in [0.3, 0.4) is 0 Å². The summed E-state index contributed by atoms with van der Waals surface area (Å²) >= 11 is 0. The van der Waals surface area contributed by atoms with Crippen LogP contribution < -0.4 is 5.73 Å². The maximum Gasteiger partial charge on any atom is 0.0406 e. The molecule has 0 heterocycles. The number of nitrogen functional groups attached to an aromatic ring is 1. The topological polar surface area (TPSA) is 26.0 Å². The normalized spacial score (nSPS) is 11.2. The summed E-state index contributed by atoms with van der Waals surface area (Å²) in [6, 6.07) is 32.4. The number of fused-ring (bicyclic) bond motifs is 3. The van der Waals surface area contributed by atoms with Crippen LogP contribution in [0, 0.1) is 13.8 Å². The molecule has 0 aliphatic carbocycles. The first kappa shape index (κ1) is 17.5. The zero-order valence-electron chi connectivity index (χ0n) is 16.7. The summed E-state index contributed by atoms with van der Waals surface area (Å²) in [5.41, 5.74) is 14.7. The second kappa shape index (κ2) is 6.79. The molecule has 5 aromatic carbocycles. The third-order valence-electron chi connectivity index (χ3n) is 5.69. The molecule has 0 radical (unpaired) electrons. The van der Waals surface area contributed by atoms with Gasteiger partial charge in [0.25, 0.3) is 0 Å². The highest BCUT2D eigenvalue weighted by Crippen LogP contribution is 2.44. The van der Waals surface area contributed by atoms with Gasteiger partial charge in [0.1, 0.15) is 0 Å². The molecule has 0 atom stereocenters. The molecule has 5 aromatic rings. The van der Waals surface area contributed by atoms with Gasteiger partial charge in [-0.15, -0.1) is 0 Å². The van der Waals surface area contributed by atoms with Crippen molar-refractivity contribution in [2.24, 2.45) is 0 Å². The Kier molecular flexibility index (Phi) is 4.10. The van der Waals surface area contributed by atoms with Crippen LogP contribution in [0.2, 0.25) is 0 Å². The van der Waals surface area contributed by atoms with Crippen LogP contribution in [0.5, 0.6) is 0 Å². The summed E-state index contributed by atoms with van der Waals surface area (Å²) in [6.45, 7) is 4.26. The lowest BCUT2D eigenvalue weighted by atomic mass is 9.86. The highest BCUT2D eigenvalue weighted by molar-refractivity contribution is 6.17. The molecular weight excluding hydrogens is 350 g/mol. The van der Waals surface area contributed by atoms with Gasteiger partial charge in [0.05, 0.1) is 0 Å². The van der Waals surface area contributed by atoms with Crippen molar-refractivity contribution < 1.29 is 0 Å². The molecule has 1 heteroatoms. The third kappa shape index (κ3) is 2.96. The standard InChI is InChI=1S/C28H23N/c1-18-7-5-10-21(15-18)27-24-14-13-20-9-3-4-12-23(20)25(24)17-26(29)28(27)22-11-6-8-19(2)16-22/h3-17H,29H2,1-2H3. The van der Waals surface area contributed by atoms with E-state index in [9.17, 15) is 0 Å². The number of nitrogens with two attached hydrogens (primary N) is 1. The average molecular weight is 373 g/mol. The second-order valence-corrected chi connectivity index (χ2v) is 7.84. The molecule has 0 aromatic heterocycles. The van der Waals surface area contributed by atoms with E-state index < -0.39 is 0 Å². The van der Waals surface area contributed by atoms with E-state index in [1.165, 1.54) is 43.8 Å². The van der Waals surface area contributed by atoms with Crippen molar-refractivity contribution in [3.05, 3.63) is 102 Å². The molecule has 0 aliphatic heterocycles. The summed E-state index contributed by atoms with van der Waals surface area (Å²) in [5, 5.41) is 4.91. The number of hydrogen-bond acceptors (Lipinski definition) is 1. The molecule has 0 saturated carbocycles. The fraction of sp³-hybridized carbons (Fsp3) is 0.0714. The zero-order chi connectivity index (χ0) is 20.0. The van der Waals surface area contributed by atoms with Gasteiger partial charge in [-0.1, -0.05) is 96.1 Å². The summed E-state index contributed by atoms with van der Waals surface area (Å²) in [4.78, 5) is 0. The van der Waals surface area contributed by atoms with Crippen LogP contribution in [0.1, 0.15) is 11.1 Å². The van der Waals surface area contributed by atoms with Crippen molar-refractivity contribution in [3.8, 4) is 22.3 Å². The van der Waals surface area contributed by atoms with E-state index in [-0.39, 0.29) is 0 Å². The molecule has 0 saturated heterocycles. The summed E-state index contributed by atoms with van der Waals surface area (Å²) in [5.74, 6) is 0. The quantitative estimate of drug-likeness (QED) is 0.251. The van der Waals surface area contributed by atoms with Crippen LogP contribution in [0.15, 0.2) is 91.0 Å². The van der Waals surface area contributed by atoms with Crippen molar-refractivity contribution in [3.63, 3.8) is 0 Å². The third-order valence-corrected chi connectivity index (χ3v) is 5.69. The molecule has 29 heavy (non-hydrogen) atoms. The highest BCUT2D eigenvalue weighted by atomic mass is 14.6. The van der Waals surface area contributed by atoms with Crippen molar-refractivity contribution in [2.45, 2.75) is 13.8 Å². The van der Waals surface area contributed by atoms with E-state index in [4.69, 9.17) is 5.73 Å². The summed E-state index contributed by atoms with van der Waals surface area (Å²) in [7, 11) is 0. The van der Waals surface area contributed by atoms with E-state index in [0.717, 1.165) is 16.8 Å². The van der Waals surface area contributed by atoms with Gasteiger partial charge in [-0.05, 0) is 58.1 Å². The number of anilines is 1. The van der Waals surface area contributed by atoms with Crippen LogP contribution >= 0.6 is 0 Å². The largest absolute Gasteiger partial charge is 0.398 e. The minimum absolute atomic E-state index is 0.816. The van der Waals surface area contributed by atoms with E-state index in [2.05, 4.69) is 105 Å². The maximum absolute atomic E-state index is 6.74. The minimum Gasteiger partial charge on any atom is -0.398 e. The zero-order valence-corrected chi connectivity index (χ0v) is 16.7. The first-order chi connectivity index (χ1) is 14.1. The smallest absolute Gasteiger partial charge is 0.0406 e. The molecule has 2 N–H and O–H groups in total. The van der Waals surface area contributed by atoms with Crippen molar-refractivity contribution in [1.29, 1.82) is 0 Å². The Morgan fingerprint density at radius 1 is 0.517 bits per heavy atom. The molecule has 0 bridgehead atoms. The van der Waals surface area contributed by atoms with Gasteiger partial charge >= 0.3 is 0 Å². The summed E-state index contributed by atoms with van der Waals surface area (Å²) in [6.07, 6.45) is 0. The number of rotatable bonds is 2. The van der Waals surface area contributed by atoms with Crippen LogP contribution in [-0.2, 0) is 0 Å². The molecule has 0 amide bonds. The van der Waals surface area contributed by atoms with Crippen LogP contribution in [0.25, 0.3) is 43.8 Å². The minimum atomic E-state index is 0.816. The molecule has 0 unspecified atom stereocenters. The Balaban J connectivity index is 1.97. The number of hydrogen-bond donors (Lipinski definition) is 1. The first-order valence-corrected chi connectivity index (χ1v) is 10.00. The first-order valence-electron chi connectivity index (χ1n) is 10.00. The second-order valence-electron chi connectivity index (χ2n) is 7.84. The van der Waals surface area contributed by atoms with E-state index in [1.807, 2.05) is 0 Å². The SMILES string of the molecule is Cc1cccc(-c2c(N)cc3c(ccc4ccccc43)c2-c2cccc(C)c2)c1. The lowest BCUT2D eigenvalue weighted by Gasteiger charge is -2.19. The lowest BCUT2D eigenvalue weighted by Crippen LogP contribution is -1.96.